The molecule has 2 heterocycles. The first-order valence-electron chi connectivity index (χ1n) is 8.04. The molecule has 1 aromatic heterocycles. The minimum absolute atomic E-state index is 0.267. The maximum absolute atomic E-state index is 12.1. The van der Waals surface area contributed by atoms with Crippen molar-refractivity contribution in [2.75, 3.05) is 13.1 Å². The molecule has 0 atom stereocenters. The second kappa shape index (κ2) is 7.61. The van der Waals surface area contributed by atoms with Gasteiger partial charge in [0.15, 0.2) is 0 Å². The minimum atomic E-state index is -0.496. The number of aromatic nitrogens is 1. The van der Waals surface area contributed by atoms with Crippen LogP contribution in [0.3, 0.4) is 0 Å². The van der Waals surface area contributed by atoms with Crippen LogP contribution in [-0.2, 0) is 11.3 Å². The zero-order chi connectivity index (χ0) is 17.6. The number of hydrogen-bond donors (Lipinski definition) is 1. The second-order valence-electron chi connectivity index (χ2n) is 5.76. The van der Waals surface area contributed by atoms with E-state index in [2.05, 4.69) is 4.98 Å². The summed E-state index contributed by atoms with van der Waals surface area (Å²) < 4.78 is 5.34. The number of pyridine rings is 1. The van der Waals surface area contributed by atoms with E-state index in [-0.39, 0.29) is 12.7 Å². The summed E-state index contributed by atoms with van der Waals surface area (Å²) in [5, 5.41) is 0. The Hall–Kier alpha value is -3.15. The number of nitrogens with two attached hydrogens (primary N) is 1. The first-order valence-corrected chi connectivity index (χ1v) is 8.04. The lowest BCUT2D eigenvalue weighted by Crippen LogP contribution is -2.35. The van der Waals surface area contributed by atoms with Crippen molar-refractivity contribution in [1.82, 2.24) is 9.88 Å². The second-order valence-corrected chi connectivity index (χ2v) is 5.76. The lowest BCUT2D eigenvalue weighted by Gasteiger charge is -2.25. The Morgan fingerprint density at radius 3 is 2.56 bits per heavy atom. The molecule has 6 heteroatoms. The van der Waals surface area contributed by atoms with Crippen LogP contribution >= 0.6 is 0 Å². The van der Waals surface area contributed by atoms with Gasteiger partial charge in [0.25, 0.3) is 0 Å². The van der Waals surface area contributed by atoms with Gasteiger partial charge < -0.3 is 15.4 Å². The fourth-order valence-corrected chi connectivity index (χ4v) is 2.61. The summed E-state index contributed by atoms with van der Waals surface area (Å²) in [4.78, 5) is 29.1. The molecule has 0 spiro atoms. The highest BCUT2D eigenvalue weighted by molar-refractivity contribution is 5.92. The highest BCUT2D eigenvalue weighted by Gasteiger charge is 2.19. The van der Waals surface area contributed by atoms with Crippen LogP contribution in [-0.4, -0.2) is 35.0 Å². The Morgan fingerprint density at radius 2 is 1.96 bits per heavy atom. The van der Waals surface area contributed by atoms with Crippen LogP contribution in [0.25, 0.3) is 5.57 Å². The predicted octanol–water partition coefficient (Wildman–Crippen LogP) is 2.61. The van der Waals surface area contributed by atoms with Gasteiger partial charge in [0.2, 0.25) is 5.91 Å². The van der Waals surface area contributed by atoms with Gasteiger partial charge in [0.05, 0.1) is 11.3 Å². The van der Waals surface area contributed by atoms with E-state index in [1.54, 1.807) is 17.0 Å². The van der Waals surface area contributed by atoms with Crippen molar-refractivity contribution in [2.24, 2.45) is 5.73 Å². The normalized spacial score (nSPS) is 13.9. The summed E-state index contributed by atoms with van der Waals surface area (Å²) in [5.74, 6) is -0.496. The quantitative estimate of drug-likeness (QED) is 0.929. The Balaban J connectivity index is 1.56. The van der Waals surface area contributed by atoms with Crippen molar-refractivity contribution in [3.05, 3.63) is 71.6 Å². The van der Waals surface area contributed by atoms with Crippen LogP contribution in [0.5, 0.6) is 0 Å². The van der Waals surface area contributed by atoms with Gasteiger partial charge in [-0.05, 0) is 29.7 Å². The third-order valence-electron chi connectivity index (χ3n) is 4.05. The van der Waals surface area contributed by atoms with Crippen molar-refractivity contribution in [3.63, 3.8) is 0 Å². The smallest absolute Gasteiger partial charge is 0.410 e. The molecule has 0 unspecified atom stereocenters. The van der Waals surface area contributed by atoms with Gasteiger partial charge in [-0.3, -0.25) is 9.78 Å². The van der Waals surface area contributed by atoms with E-state index in [4.69, 9.17) is 10.5 Å². The maximum atomic E-state index is 12.1. The molecule has 6 nitrogen and oxygen atoms in total. The third kappa shape index (κ3) is 4.23. The summed E-state index contributed by atoms with van der Waals surface area (Å²) >= 11 is 0. The third-order valence-corrected chi connectivity index (χ3v) is 4.05. The monoisotopic (exact) mass is 337 g/mol. The molecule has 3 rings (SSSR count). The van der Waals surface area contributed by atoms with Gasteiger partial charge in [-0.1, -0.05) is 36.4 Å². The van der Waals surface area contributed by atoms with Gasteiger partial charge in [-0.25, -0.2) is 4.79 Å². The number of carbonyl (C=O) groups is 2. The van der Waals surface area contributed by atoms with Crippen LogP contribution < -0.4 is 5.73 Å². The van der Waals surface area contributed by atoms with Crippen molar-refractivity contribution in [1.29, 1.82) is 0 Å². The molecule has 0 radical (unpaired) electrons. The maximum Gasteiger partial charge on any atom is 0.410 e. The predicted molar refractivity (Wildman–Crippen MR) is 93.5 cm³/mol. The van der Waals surface area contributed by atoms with Crippen molar-refractivity contribution in [3.8, 4) is 0 Å². The molecular formula is C19H19N3O3. The zero-order valence-electron chi connectivity index (χ0n) is 13.7. The van der Waals surface area contributed by atoms with Gasteiger partial charge in [-0.2, -0.15) is 0 Å². The van der Waals surface area contributed by atoms with E-state index in [1.165, 1.54) is 6.20 Å². The largest absolute Gasteiger partial charge is 0.445 e. The summed E-state index contributed by atoms with van der Waals surface area (Å²) in [7, 11) is 0. The molecule has 25 heavy (non-hydrogen) atoms. The topological polar surface area (TPSA) is 85.5 Å². The number of ether oxygens (including phenoxy) is 1. The van der Waals surface area contributed by atoms with Gasteiger partial charge in [0.1, 0.15) is 6.61 Å². The minimum Gasteiger partial charge on any atom is -0.445 e. The van der Waals surface area contributed by atoms with Crippen LogP contribution in [0.2, 0.25) is 0 Å². The Kier molecular flexibility index (Phi) is 5.09. The summed E-state index contributed by atoms with van der Waals surface area (Å²) in [5.41, 5.74) is 8.39. The van der Waals surface area contributed by atoms with Crippen LogP contribution in [0, 0.1) is 0 Å². The fraction of sp³-hybridized carbons (Fsp3) is 0.211. The Morgan fingerprint density at radius 1 is 1.16 bits per heavy atom. The average Bonchev–Trinajstić information content (AvgIpc) is 2.67. The SMILES string of the molecule is NC(=O)c1ccc(C2=CCN(C(=O)OCc3ccccc3)CC2)nc1. The highest BCUT2D eigenvalue weighted by Crippen LogP contribution is 2.21. The van der Waals surface area contributed by atoms with Crippen molar-refractivity contribution in [2.45, 2.75) is 13.0 Å². The average molecular weight is 337 g/mol. The molecule has 128 valence electrons. The Bertz CT molecular complexity index is 785. The molecule has 2 aromatic rings. The summed E-state index contributed by atoms with van der Waals surface area (Å²) in [6.45, 7) is 1.31. The molecule has 2 N–H and O–H groups in total. The van der Waals surface area contributed by atoms with E-state index in [0.29, 0.717) is 25.1 Å². The zero-order valence-corrected chi connectivity index (χ0v) is 13.7. The molecule has 0 saturated carbocycles. The number of amides is 2. The molecule has 0 aliphatic carbocycles. The number of primary amides is 1. The van der Waals surface area contributed by atoms with E-state index in [9.17, 15) is 9.59 Å². The van der Waals surface area contributed by atoms with Crippen molar-refractivity contribution >= 4 is 17.6 Å². The summed E-state index contributed by atoms with van der Waals surface area (Å²) in [6, 6.07) is 13.0. The number of nitrogens with zero attached hydrogens (tertiary/aromatic N) is 2. The van der Waals surface area contributed by atoms with Crippen LogP contribution in [0.4, 0.5) is 4.79 Å². The number of hydrogen-bond acceptors (Lipinski definition) is 4. The highest BCUT2D eigenvalue weighted by atomic mass is 16.6. The van der Waals surface area contributed by atoms with Gasteiger partial charge >= 0.3 is 6.09 Å². The standard InChI is InChI=1S/C19H19N3O3/c20-18(23)16-6-7-17(21-12-16)15-8-10-22(11-9-15)19(24)25-13-14-4-2-1-3-5-14/h1-8,12H,9-11,13H2,(H2,20,23). The van der Waals surface area contributed by atoms with E-state index in [1.807, 2.05) is 36.4 Å². The molecule has 0 saturated heterocycles. The molecule has 0 bridgehead atoms. The number of carbonyl (C=O) groups excluding carboxylic acids is 2. The van der Waals surface area contributed by atoms with Crippen LogP contribution in [0.15, 0.2) is 54.7 Å². The number of rotatable bonds is 4. The van der Waals surface area contributed by atoms with E-state index in [0.717, 1.165) is 16.8 Å². The molecule has 2 amide bonds. The fourth-order valence-electron chi connectivity index (χ4n) is 2.61. The molecule has 1 aromatic carbocycles. The Labute approximate surface area is 145 Å². The number of benzene rings is 1. The molecule has 1 aliphatic rings. The molecular weight excluding hydrogens is 318 g/mol. The lowest BCUT2D eigenvalue weighted by atomic mass is 10.0. The lowest BCUT2D eigenvalue weighted by molar-refractivity contribution is 0.0990. The van der Waals surface area contributed by atoms with Crippen LogP contribution in [0.1, 0.15) is 28.0 Å². The van der Waals surface area contributed by atoms with E-state index < -0.39 is 5.91 Å². The first kappa shape index (κ1) is 16.7. The van der Waals surface area contributed by atoms with Gasteiger partial charge in [0, 0.05) is 19.3 Å². The first-order chi connectivity index (χ1) is 12.1. The van der Waals surface area contributed by atoms with E-state index >= 15 is 0 Å². The molecule has 0 fully saturated rings. The van der Waals surface area contributed by atoms with Gasteiger partial charge in [-0.15, -0.1) is 0 Å². The molecule has 1 aliphatic heterocycles. The summed E-state index contributed by atoms with van der Waals surface area (Å²) in [6.07, 6.45) is 3.79. The van der Waals surface area contributed by atoms with Crippen molar-refractivity contribution < 1.29 is 14.3 Å².